The molecular weight excluding hydrogens is 270 g/mol. The van der Waals surface area contributed by atoms with E-state index in [0.29, 0.717) is 11.3 Å². The van der Waals surface area contributed by atoms with Crippen molar-refractivity contribution in [2.24, 2.45) is 5.92 Å². The lowest BCUT2D eigenvalue weighted by Crippen LogP contribution is -2.48. The molecule has 0 aliphatic carbocycles. The summed E-state index contributed by atoms with van der Waals surface area (Å²) in [6.07, 6.45) is 0. The van der Waals surface area contributed by atoms with Gasteiger partial charge < -0.3 is 10.6 Å². The third-order valence-electron chi connectivity index (χ3n) is 2.51. The van der Waals surface area contributed by atoms with Crippen molar-refractivity contribution in [3.05, 3.63) is 28.2 Å². The van der Waals surface area contributed by atoms with Crippen LogP contribution in [0.15, 0.2) is 22.7 Å². The van der Waals surface area contributed by atoms with Gasteiger partial charge in [0, 0.05) is 17.6 Å². The first-order chi connectivity index (χ1) is 7.70. The van der Waals surface area contributed by atoms with E-state index in [1.54, 1.807) is 18.2 Å². The zero-order valence-corrected chi connectivity index (χ0v) is 10.0. The molecule has 16 heavy (non-hydrogen) atoms. The SMILES string of the molecule is N#Cc1ccc(NC(=O)C2CNC2)c(Br)c1. The molecule has 0 aromatic heterocycles. The van der Waals surface area contributed by atoms with E-state index >= 15 is 0 Å². The van der Waals surface area contributed by atoms with E-state index in [1.165, 1.54) is 0 Å². The monoisotopic (exact) mass is 279 g/mol. The zero-order valence-electron chi connectivity index (χ0n) is 8.46. The molecule has 0 saturated carbocycles. The van der Waals surface area contributed by atoms with Crippen LogP contribution in [0.4, 0.5) is 5.69 Å². The lowest BCUT2D eigenvalue weighted by Gasteiger charge is -2.25. The number of benzene rings is 1. The Morgan fingerprint density at radius 2 is 2.31 bits per heavy atom. The molecule has 4 nitrogen and oxygen atoms in total. The van der Waals surface area contributed by atoms with E-state index in [1.807, 2.05) is 6.07 Å². The highest BCUT2D eigenvalue weighted by atomic mass is 79.9. The smallest absolute Gasteiger partial charge is 0.230 e. The van der Waals surface area contributed by atoms with E-state index in [2.05, 4.69) is 26.6 Å². The van der Waals surface area contributed by atoms with Gasteiger partial charge in [-0.2, -0.15) is 5.26 Å². The van der Waals surface area contributed by atoms with Gasteiger partial charge in [-0.05, 0) is 34.1 Å². The quantitative estimate of drug-likeness (QED) is 0.862. The number of hydrogen-bond acceptors (Lipinski definition) is 3. The van der Waals surface area contributed by atoms with Gasteiger partial charge in [0.1, 0.15) is 0 Å². The van der Waals surface area contributed by atoms with Gasteiger partial charge >= 0.3 is 0 Å². The van der Waals surface area contributed by atoms with Gasteiger partial charge in [-0.1, -0.05) is 0 Å². The lowest BCUT2D eigenvalue weighted by molar-refractivity contribution is -0.121. The maximum Gasteiger partial charge on any atom is 0.230 e. The molecule has 2 N–H and O–H groups in total. The van der Waals surface area contributed by atoms with Crippen LogP contribution in [0.3, 0.4) is 0 Å². The number of nitrogens with one attached hydrogen (secondary N) is 2. The fourth-order valence-electron chi connectivity index (χ4n) is 1.39. The number of amides is 1. The Bertz CT molecular complexity index is 463. The van der Waals surface area contributed by atoms with Crippen LogP contribution < -0.4 is 10.6 Å². The maximum absolute atomic E-state index is 11.7. The highest BCUT2D eigenvalue weighted by Crippen LogP contribution is 2.24. The molecule has 1 fully saturated rings. The minimum atomic E-state index is 0.0177. The Labute approximate surface area is 102 Å². The second-order valence-corrected chi connectivity index (χ2v) is 4.51. The number of anilines is 1. The molecule has 1 aliphatic heterocycles. The summed E-state index contributed by atoms with van der Waals surface area (Å²) in [6, 6.07) is 7.14. The van der Waals surface area contributed by atoms with Crippen LogP contribution in [0.1, 0.15) is 5.56 Å². The molecule has 1 aliphatic rings. The number of nitrogens with zero attached hydrogens (tertiary/aromatic N) is 1. The van der Waals surface area contributed by atoms with Gasteiger partial charge in [-0.25, -0.2) is 0 Å². The number of carbonyl (C=O) groups is 1. The van der Waals surface area contributed by atoms with Crippen LogP contribution in [-0.2, 0) is 4.79 Å². The number of carbonyl (C=O) groups excluding carboxylic acids is 1. The minimum absolute atomic E-state index is 0.0177. The Balaban J connectivity index is 2.09. The van der Waals surface area contributed by atoms with Crippen molar-refractivity contribution < 1.29 is 4.79 Å². The van der Waals surface area contributed by atoms with Crippen molar-refractivity contribution in [3.63, 3.8) is 0 Å². The van der Waals surface area contributed by atoms with Gasteiger partial charge in [0.15, 0.2) is 0 Å². The first-order valence-corrected chi connectivity index (χ1v) is 5.71. The molecule has 0 radical (unpaired) electrons. The Morgan fingerprint density at radius 3 is 2.81 bits per heavy atom. The van der Waals surface area contributed by atoms with Crippen molar-refractivity contribution in [2.45, 2.75) is 0 Å². The van der Waals surface area contributed by atoms with Crippen LogP contribution in [0.5, 0.6) is 0 Å². The maximum atomic E-state index is 11.7. The molecule has 5 heteroatoms. The highest BCUT2D eigenvalue weighted by Gasteiger charge is 2.25. The zero-order chi connectivity index (χ0) is 11.5. The molecule has 2 rings (SSSR count). The molecule has 82 valence electrons. The van der Waals surface area contributed by atoms with Crippen LogP contribution in [0.2, 0.25) is 0 Å². The minimum Gasteiger partial charge on any atom is -0.325 e. The van der Waals surface area contributed by atoms with Crippen LogP contribution in [0, 0.1) is 17.2 Å². The average molecular weight is 280 g/mol. The largest absolute Gasteiger partial charge is 0.325 e. The van der Waals surface area contributed by atoms with Gasteiger partial charge in [0.05, 0.1) is 23.2 Å². The highest BCUT2D eigenvalue weighted by molar-refractivity contribution is 9.10. The normalized spacial score (nSPS) is 15.0. The summed E-state index contributed by atoms with van der Waals surface area (Å²) in [6.45, 7) is 1.47. The second kappa shape index (κ2) is 4.64. The van der Waals surface area contributed by atoms with Crippen molar-refractivity contribution in [2.75, 3.05) is 18.4 Å². The predicted octanol–water partition coefficient (Wildman–Crippen LogP) is 1.48. The fraction of sp³-hybridized carbons (Fsp3) is 0.273. The molecule has 0 atom stereocenters. The summed E-state index contributed by atoms with van der Waals surface area (Å²) in [7, 11) is 0. The van der Waals surface area contributed by atoms with Crippen LogP contribution >= 0.6 is 15.9 Å². The van der Waals surface area contributed by atoms with Gasteiger partial charge in [-0.15, -0.1) is 0 Å². The van der Waals surface area contributed by atoms with Gasteiger partial charge in [0.25, 0.3) is 0 Å². The molecule has 1 aromatic rings. The molecule has 1 saturated heterocycles. The van der Waals surface area contributed by atoms with E-state index in [4.69, 9.17) is 5.26 Å². The molecule has 1 amide bonds. The summed E-state index contributed by atoms with van der Waals surface area (Å²) in [5.41, 5.74) is 1.27. The van der Waals surface area contributed by atoms with Crippen molar-refractivity contribution >= 4 is 27.5 Å². The van der Waals surface area contributed by atoms with E-state index in [0.717, 1.165) is 17.6 Å². The third-order valence-corrected chi connectivity index (χ3v) is 3.16. The Kier molecular flexibility index (Phi) is 3.22. The number of hydrogen-bond donors (Lipinski definition) is 2. The standard InChI is InChI=1S/C11H10BrN3O/c12-9-3-7(4-13)1-2-10(9)15-11(16)8-5-14-6-8/h1-3,8,14H,5-6H2,(H,15,16). The van der Waals surface area contributed by atoms with Crippen molar-refractivity contribution in [1.82, 2.24) is 5.32 Å². The Hall–Kier alpha value is -1.38. The topological polar surface area (TPSA) is 64.9 Å². The summed E-state index contributed by atoms with van der Waals surface area (Å²) >= 11 is 3.32. The van der Waals surface area contributed by atoms with Crippen LogP contribution in [0.25, 0.3) is 0 Å². The summed E-state index contributed by atoms with van der Waals surface area (Å²) in [5, 5.41) is 14.6. The first kappa shape index (κ1) is 11.1. The van der Waals surface area contributed by atoms with Gasteiger partial charge in [-0.3, -0.25) is 4.79 Å². The summed E-state index contributed by atoms with van der Waals surface area (Å²) in [5.74, 6) is 0.0756. The fourth-order valence-corrected chi connectivity index (χ4v) is 1.87. The third kappa shape index (κ3) is 2.23. The predicted molar refractivity (Wildman–Crippen MR) is 63.8 cm³/mol. The van der Waals surface area contributed by atoms with Gasteiger partial charge in [0.2, 0.25) is 5.91 Å². The van der Waals surface area contributed by atoms with E-state index < -0.39 is 0 Å². The molecule has 1 heterocycles. The van der Waals surface area contributed by atoms with E-state index in [-0.39, 0.29) is 11.8 Å². The molecular formula is C11H10BrN3O. The average Bonchev–Trinajstić information content (AvgIpc) is 2.18. The summed E-state index contributed by atoms with van der Waals surface area (Å²) < 4.78 is 0.729. The lowest BCUT2D eigenvalue weighted by atomic mass is 10.0. The van der Waals surface area contributed by atoms with Crippen molar-refractivity contribution in [1.29, 1.82) is 5.26 Å². The Morgan fingerprint density at radius 1 is 1.56 bits per heavy atom. The first-order valence-electron chi connectivity index (χ1n) is 4.92. The molecule has 0 unspecified atom stereocenters. The number of halogens is 1. The molecule has 0 spiro atoms. The number of nitriles is 1. The van der Waals surface area contributed by atoms with E-state index in [9.17, 15) is 4.79 Å². The second-order valence-electron chi connectivity index (χ2n) is 3.65. The van der Waals surface area contributed by atoms with Crippen LogP contribution in [-0.4, -0.2) is 19.0 Å². The van der Waals surface area contributed by atoms with Crippen molar-refractivity contribution in [3.8, 4) is 6.07 Å². The number of rotatable bonds is 2. The summed E-state index contributed by atoms with van der Waals surface area (Å²) in [4.78, 5) is 11.7. The molecule has 1 aromatic carbocycles. The molecule has 0 bridgehead atoms.